The van der Waals surface area contributed by atoms with Crippen molar-refractivity contribution in [2.24, 2.45) is 11.7 Å². The molecule has 0 amide bonds. The van der Waals surface area contributed by atoms with Crippen LogP contribution < -0.4 is 11.1 Å². The second-order valence-corrected chi connectivity index (χ2v) is 3.98. The molecule has 2 unspecified atom stereocenters. The molecule has 0 radical (unpaired) electrons. The van der Waals surface area contributed by atoms with Crippen LogP contribution in [0.3, 0.4) is 0 Å². The maximum absolute atomic E-state index is 13.8. The number of nitrogens with zero attached hydrogens (tertiary/aromatic N) is 2. The van der Waals surface area contributed by atoms with Crippen molar-refractivity contribution < 1.29 is 4.39 Å². The van der Waals surface area contributed by atoms with E-state index in [1.54, 1.807) is 0 Å². The predicted octanol–water partition coefficient (Wildman–Crippen LogP) is 1.57. The topological polar surface area (TPSA) is 63.8 Å². The summed E-state index contributed by atoms with van der Waals surface area (Å²) >= 11 is 0. The third-order valence-electron chi connectivity index (χ3n) is 2.79. The second kappa shape index (κ2) is 5.75. The lowest BCUT2D eigenvalue weighted by Gasteiger charge is -2.20. The van der Waals surface area contributed by atoms with Gasteiger partial charge >= 0.3 is 0 Å². The van der Waals surface area contributed by atoms with Crippen LogP contribution in [-0.2, 0) is 6.42 Å². The maximum atomic E-state index is 13.8. The van der Waals surface area contributed by atoms with Crippen LogP contribution in [0.15, 0.2) is 6.33 Å². The van der Waals surface area contributed by atoms with Gasteiger partial charge in [-0.2, -0.15) is 0 Å². The predicted molar refractivity (Wildman–Crippen MR) is 62.7 cm³/mol. The first-order chi connectivity index (χ1) is 7.60. The van der Waals surface area contributed by atoms with Crippen LogP contribution in [0.4, 0.5) is 10.2 Å². The second-order valence-electron chi connectivity index (χ2n) is 3.98. The minimum atomic E-state index is -0.360. The van der Waals surface area contributed by atoms with Crippen LogP contribution in [0.2, 0.25) is 0 Å². The minimum absolute atomic E-state index is 0.0825. The van der Waals surface area contributed by atoms with Gasteiger partial charge in [0, 0.05) is 6.04 Å². The normalized spacial score (nSPS) is 14.6. The van der Waals surface area contributed by atoms with E-state index in [0.717, 1.165) is 0 Å². The van der Waals surface area contributed by atoms with E-state index in [2.05, 4.69) is 15.3 Å². The Morgan fingerprint density at radius 3 is 2.69 bits per heavy atom. The molecule has 0 saturated carbocycles. The minimum Gasteiger partial charge on any atom is -0.365 e. The molecule has 1 rings (SSSR count). The Bertz CT molecular complexity index is 343. The summed E-state index contributed by atoms with van der Waals surface area (Å²) in [6.45, 7) is 6.39. The SMILES string of the molecule is CCc1ncnc(NC(C)C(C)CN)c1F. The molecule has 0 spiro atoms. The molecule has 0 aliphatic carbocycles. The Labute approximate surface area is 95.5 Å². The lowest BCUT2D eigenvalue weighted by molar-refractivity contribution is 0.512. The standard InChI is InChI=1S/C11H19FN4/c1-4-9-10(12)11(15-6-14-9)16-8(3)7(2)5-13/h6-8H,4-5,13H2,1-3H3,(H,14,15,16). The van der Waals surface area contributed by atoms with Crippen molar-refractivity contribution in [1.82, 2.24) is 9.97 Å². The number of nitrogens with two attached hydrogens (primary N) is 1. The van der Waals surface area contributed by atoms with Gasteiger partial charge in [-0.1, -0.05) is 13.8 Å². The molecule has 1 aromatic rings. The molecule has 1 heterocycles. The van der Waals surface area contributed by atoms with Gasteiger partial charge in [-0.05, 0) is 25.8 Å². The molecule has 1 aromatic heterocycles. The van der Waals surface area contributed by atoms with Crippen LogP contribution in [-0.4, -0.2) is 22.6 Å². The highest BCUT2D eigenvalue weighted by Crippen LogP contribution is 2.16. The Morgan fingerprint density at radius 1 is 1.44 bits per heavy atom. The van der Waals surface area contributed by atoms with E-state index in [4.69, 9.17) is 5.73 Å². The highest BCUT2D eigenvalue weighted by Gasteiger charge is 2.15. The van der Waals surface area contributed by atoms with Crippen molar-refractivity contribution in [1.29, 1.82) is 0 Å². The van der Waals surface area contributed by atoms with Gasteiger partial charge < -0.3 is 11.1 Å². The average Bonchev–Trinajstić information content (AvgIpc) is 2.30. The van der Waals surface area contributed by atoms with Gasteiger partial charge in [-0.15, -0.1) is 0 Å². The van der Waals surface area contributed by atoms with Crippen molar-refractivity contribution in [2.75, 3.05) is 11.9 Å². The first kappa shape index (κ1) is 12.8. The molecule has 3 N–H and O–H groups in total. The Kier molecular flexibility index (Phi) is 4.61. The quantitative estimate of drug-likeness (QED) is 0.800. The molecule has 90 valence electrons. The van der Waals surface area contributed by atoms with E-state index >= 15 is 0 Å². The summed E-state index contributed by atoms with van der Waals surface area (Å²) in [6, 6.07) is 0.0825. The summed E-state index contributed by atoms with van der Waals surface area (Å²) in [5.74, 6) is 0.167. The largest absolute Gasteiger partial charge is 0.365 e. The van der Waals surface area contributed by atoms with E-state index in [1.165, 1.54) is 6.33 Å². The number of rotatable bonds is 5. The summed E-state index contributed by atoms with van der Waals surface area (Å²) in [4.78, 5) is 7.78. The third kappa shape index (κ3) is 2.88. The number of aryl methyl sites for hydroxylation is 1. The number of anilines is 1. The summed E-state index contributed by atoms with van der Waals surface area (Å²) in [5.41, 5.74) is 5.99. The summed E-state index contributed by atoms with van der Waals surface area (Å²) in [7, 11) is 0. The van der Waals surface area contributed by atoms with Crippen molar-refractivity contribution in [3.05, 3.63) is 17.8 Å². The van der Waals surface area contributed by atoms with Gasteiger partial charge in [0.25, 0.3) is 0 Å². The number of halogens is 1. The number of aromatic nitrogens is 2. The molecule has 0 aromatic carbocycles. The van der Waals surface area contributed by atoms with E-state index in [1.807, 2.05) is 20.8 Å². The molecular weight excluding hydrogens is 207 g/mol. The number of hydrogen-bond donors (Lipinski definition) is 2. The highest BCUT2D eigenvalue weighted by atomic mass is 19.1. The Hall–Kier alpha value is -1.23. The fourth-order valence-corrected chi connectivity index (χ4v) is 1.32. The van der Waals surface area contributed by atoms with E-state index < -0.39 is 0 Å². The molecule has 0 aliphatic heterocycles. The van der Waals surface area contributed by atoms with Crippen LogP contribution in [0, 0.1) is 11.7 Å². The molecule has 0 fully saturated rings. The highest BCUT2D eigenvalue weighted by molar-refractivity contribution is 5.38. The van der Waals surface area contributed by atoms with Gasteiger partial charge in [-0.3, -0.25) is 0 Å². The molecule has 0 saturated heterocycles. The first-order valence-electron chi connectivity index (χ1n) is 5.56. The van der Waals surface area contributed by atoms with E-state index in [0.29, 0.717) is 18.7 Å². The Morgan fingerprint density at radius 2 is 2.12 bits per heavy atom. The average molecular weight is 226 g/mol. The maximum Gasteiger partial charge on any atom is 0.186 e. The van der Waals surface area contributed by atoms with Gasteiger partial charge in [0.15, 0.2) is 11.6 Å². The molecule has 5 heteroatoms. The number of hydrogen-bond acceptors (Lipinski definition) is 4. The van der Waals surface area contributed by atoms with Gasteiger partial charge in [0.05, 0.1) is 5.69 Å². The lowest BCUT2D eigenvalue weighted by Crippen LogP contribution is -2.30. The lowest BCUT2D eigenvalue weighted by atomic mass is 10.0. The van der Waals surface area contributed by atoms with Crippen LogP contribution >= 0.6 is 0 Å². The zero-order valence-corrected chi connectivity index (χ0v) is 10.00. The van der Waals surface area contributed by atoms with Crippen molar-refractivity contribution >= 4 is 5.82 Å². The van der Waals surface area contributed by atoms with Gasteiger partial charge in [-0.25, -0.2) is 14.4 Å². The molecule has 2 atom stereocenters. The van der Waals surface area contributed by atoms with Crippen LogP contribution in [0.1, 0.15) is 26.5 Å². The molecule has 16 heavy (non-hydrogen) atoms. The smallest absolute Gasteiger partial charge is 0.186 e. The van der Waals surface area contributed by atoms with Crippen LogP contribution in [0.25, 0.3) is 0 Å². The fraction of sp³-hybridized carbons (Fsp3) is 0.636. The van der Waals surface area contributed by atoms with E-state index in [-0.39, 0.29) is 23.6 Å². The molecule has 0 bridgehead atoms. The zero-order chi connectivity index (χ0) is 12.1. The van der Waals surface area contributed by atoms with Crippen molar-refractivity contribution in [3.63, 3.8) is 0 Å². The third-order valence-corrected chi connectivity index (χ3v) is 2.79. The van der Waals surface area contributed by atoms with Crippen molar-refractivity contribution in [3.8, 4) is 0 Å². The Balaban J connectivity index is 2.81. The molecule has 4 nitrogen and oxygen atoms in total. The summed E-state index contributed by atoms with van der Waals surface area (Å²) < 4.78 is 13.8. The first-order valence-corrected chi connectivity index (χ1v) is 5.56. The molecule has 0 aliphatic rings. The van der Waals surface area contributed by atoms with Gasteiger partial charge in [0.2, 0.25) is 0 Å². The molecular formula is C11H19FN4. The zero-order valence-electron chi connectivity index (χ0n) is 10.00. The van der Waals surface area contributed by atoms with Gasteiger partial charge in [0.1, 0.15) is 6.33 Å². The van der Waals surface area contributed by atoms with Crippen LogP contribution in [0.5, 0.6) is 0 Å². The van der Waals surface area contributed by atoms with E-state index in [9.17, 15) is 4.39 Å². The monoisotopic (exact) mass is 226 g/mol. The fourth-order valence-electron chi connectivity index (χ4n) is 1.32. The van der Waals surface area contributed by atoms with Crippen molar-refractivity contribution in [2.45, 2.75) is 33.2 Å². The summed E-state index contributed by atoms with van der Waals surface area (Å²) in [5, 5.41) is 3.03. The summed E-state index contributed by atoms with van der Waals surface area (Å²) in [6.07, 6.45) is 1.94. The number of nitrogens with one attached hydrogen (secondary N) is 1.